The second-order valence-electron chi connectivity index (χ2n) is 3.48. The number of aromatic nitrogens is 2. The quantitative estimate of drug-likeness (QED) is 0.707. The number of hydrogen-bond donors (Lipinski definition) is 2. The molecule has 3 rings (SSSR count). The number of H-pyrrole nitrogens is 1. The third-order valence-electron chi connectivity index (χ3n) is 2.54. The van der Waals surface area contributed by atoms with Gasteiger partial charge in [0.2, 0.25) is 0 Å². The van der Waals surface area contributed by atoms with E-state index in [2.05, 4.69) is 33.5 Å². The highest BCUT2D eigenvalue weighted by Crippen LogP contribution is 2.19. The van der Waals surface area contributed by atoms with Crippen molar-refractivity contribution in [3.05, 3.63) is 36.2 Å². The molecule has 0 amide bonds. The van der Waals surface area contributed by atoms with Crippen LogP contribution in [-0.2, 0) is 0 Å². The zero-order valence-electron chi connectivity index (χ0n) is 7.75. The van der Waals surface area contributed by atoms with Crippen LogP contribution >= 0.6 is 0 Å². The molecule has 0 saturated heterocycles. The van der Waals surface area contributed by atoms with Gasteiger partial charge in [0.1, 0.15) is 0 Å². The number of hydrogen-bond acceptors (Lipinski definition) is 2. The Hall–Kier alpha value is -1.61. The van der Waals surface area contributed by atoms with Gasteiger partial charge < -0.3 is 10.3 Å². The summed E-state index contributed by atoms with van der Waals surface area (Å²) in [5, 5.41) is 3.28. The first-order chi connectivity index (χ1) is 6.93. The molecule has 0 spiro atoms. The Morgan fingerprint density at radius 3 is 3.14 bits per heavy atom. The molecule has 0 atom stereocenters. The number of aromatic amines is 1. The Morgan fingerprint density at radius 1 is 1.36 bits per heavy atom. The molecule has 0 unspecified atom stereocenters. The molecule has 2 N–H and O–H groups in total. The molecule has 3 heteroatoms. The first kappa shape index (κ1) is 7.76. The van der Waals surface area contributed by atoms with Crippen LogP contribution in [0.5, 0.6) is 0 Å². The lowest BCUT2D eigenvalue weighted by Crippen LogP contribution is -2.07. The van der Waals surface area contributed by atoms with E-state index in [0.29, 0.717) is 0 Å². The Balaban J connectivity index is 2.14. The van der Waals surface area contributed by atoms with Crippen molar-refractivity contribution in [1.82, 2.24) is 15.3 Å². The van der Waals surface area contributed by atoms with Gasteiger partial charge in [-0.3, -0.25) is 4.98 Å². The smallest absolute Gasteiger partial charge is 0.0885 e. The van der Waals surface area contributed by atoms with Gasteiger partial charge in [-0.2, -0.15) is 0 Å². The Labute approximate surface area is 81.9 Å². The molecule has 3 heterocycles. The molecule has 0 aliphatic carbocycles. The van der Waals surface area contributed by atoms with Gasteiger partial charge in [-0.15, -0.1) is 0 Å². The zero-order valence-corrected chi connectivity index (χ0v) is 7.75. The van der Waals surface area contributed by atoms with E-state index in [1.165, 1.54) is 11.3 Å². The average molecular weight is 185 g/mol. The van der Waals surface area contributed by atoms with Gasteiger partial charge >= 0.3 is 0 Å². The van der Waals surface area contributed by atoms with Crippen LogP contribution in [0.4, 0.5) is 0 Å². The lowest BCUT2D eigenvalue weighted by Gasteiger charge is -1.95. The zero-order chi connectivity index (χ0) is 9.38. The Bertz CT molecular complexity index is 463. The summed E-state index contributed by atoms with van der Waals surface area (Å²) >= 11 is 0. The van der Waals surface area contributed by atoms with E-state index < -0.39 is 0 Å². The fraction of sp³-hybridized carbons (Fsp3) is 0.182. The minimum atomic E-state index is 0.951. The third-order valence-corrected chi connectivity index (χ3v) is 2.54. The molecule has 3 nitrogen and oxygen atoms in total. The molecule has 0 saturated carbocycles. The fourth-order valence-corrected chi connectivity index (χ4v) is 1.81. The Morgan fingerprint density at radius 2 is 2.36 bits per heavy atom. The number of rotatable bonds is 1. The van der Waals surface area contributed by atoms with Crippen molar-refractivity contribution >= 4 is 16.6 Å². The number of fused-ring (bicyclic) bond motifs is 1. The largest absolute Gasteiger partial charge is 0.353 e. The number of nitrogens with zero attached hydrogens (tertiary/aromatic N) is 1. The van der Waals surface area contributed by atoms with Crippen LogP contribution in [0.2, 0.25) is 0 Å². The summed E-state index contributed by atoms with van der Waals surface area (Å²) in [6, 6.07) is 6.10. The number of nitrogens with one attached hydrogen (secondary N) is 2. The molecule has 1 aliphatic heterocycles. The predicted molar refractivity (Wildman–Crippen MR) is 56.9 cm³/mol. The normalized spacial score (nSPS) is 16.1. The van der Waals surface area contributed by atoms with Gasteiger partial charge in [0, 0.05) is 25.0 Å². The van der Waals surface area contributed by atoms with Crippen molar-refractivity contribution in [3.63, 3.8) is 0 Å². The molecular weight excluding hydrogens is 174 g/mol. The van der Waals surface area contributed by atoms with E-state index in [-0.39, 0.29) is 0 Å². The molecule has 0 aromatic carbocycles. The molecule has 1 aliphatic rings. The maximum Gasteiger partial charge on any atom is 0.0885 e. The predicted octanol–water partition coefficient (Wildman–Crippen LogP) is 1.55. The molecule has 2 aromatic heterocycles. The van der Waals surface area contributed by atoms with Gasteiger partial charge in [-0.1, -0.05) is 6.08 Å². The third kappa shape index (κ3) is 1.14. The highest BCUT2D eigenvalue weighted by Gasteiger charge is 2.09. The summed E-state index contributed by atoms with van der Waals surface area (Å²) in [5.74, 6) is 0. The lowest BCUT2D eigenvalue weighted by atomic mass is 10.2. The van der Waals surface area contributed by atoms with Crippen molar-refractivity contribution in [2.24, 2.45) is 0 Å². The molecule has 0 radical (unpaired) electrons. The fourth-order valence-electron chi connectivity index (χ4n) is 1.81. The van der Waals surface area contributed by atoms with E-state index >= 15 is 0 Å². The topological polar surface area (TPSA) is 40.7 Å². The van der Waals surface area contributed by atoms with Crippen LogP contribution in [0.3, 0.4) is 0 Å². The van der Waals surface area contributed by atoms with Crippen LogP contribution in [-0.4, -0.2) is 23.1 Å². The maximum atomic E-state index is 4.29. The van der Waals surface area contributed by atoms with Crippen molar-refractivity contribution < 1.29 is 0 Å². The summed E-state index contributed by atoms with van der Waals surface area (Å²) in [6.45, 7) is 1.92. The highest BCUT2D eigenvalue weighted by molar-refractivity contribution is 5.82. The number of pyridine rings is 1. The monoisotopic (exact) mass is 185 g/mol. The van der Waals surface area contributed by atoms with E-state index in [9.17, 15) is 0 Å². The van der Waals surface area contributed by atoms with Crippen LogP contribution in [0.25, 0.3) is 16.6 Å². The molecule has 70 valence electrons. The first-order valence-electron chi connectivity index (χ1n) is 4.77. The highest BCUT2D eigenvalue weighted by atomic mass is 14.9. The van der Waals surface area contributed by atoms with Gasteiger partial charge in [0.15, 0.2) is 0 Å². The minimum absolute atomic E-state index is 0.951. The lowest BCUT2D eigenvalue weighted by molar-refractivity contribution is 0.896. The average Bonchev–Trinajstić information content (AvgIpc) is 2.86. The summed E-state index contributed by atoms with van der Waals surface area (Å²) < 4.78 is 0. The Kier molecular flexibility index (Phi) is 1.64. The molecule has 14 heavy (non-hydrogen) atoms. The first-order valence-corrected chi connectivity index (χ1v) is 4.77. The van der Waals surface area contributed by atoms with E-state index in [0.717, 1.165) is 24.1 Å². The molecular formula is C11H11N3. The second kappa shape index (κ2) is 2.96. The van der Waals surface area contributed by atoms with E-state index in [4.69, 9.17) is 0 Å². The van der Waals surface area contributed by atoms with Crippen molar-refractivity contribution in [2.45, 2.75) is 0 Å². The molecule has 0 fully saturated rings. The molecule has 0 bridgehead atoms. The summed E-state index contributed by atoms with van der Waals surface area (Å²) in [6.07, 6.45) is 4.03. The maximum absolute atomic E-state index is 4.29. The van der Waals surface area contributed by atoms with Gasteiger partial charge in [0.25, 0.3) is 0 Å². The van der Waals surface area contributed by atoms with Gasteiger partial charge in [-0.05, 0) is 23.8 Å². The minimum Gasteiger partial charge on any atom is -0.353 e. The van der Waals surface area contributed by atoms with Crippen molar-refractivity contribution in [1.29, 1.82) is 0 Å². The summed E-state index contributed by atoms with van der Waals surface area (Å²) in [7, 11) is 0. The van der Waals surface area contributed by atoms with E-state index in [1.54, 1.807) is 0 Å². The van der Waals surface area contributed by atoms with Crippen molar-refractivity contribution in [3.8, 4) is 0 Å². The van der Waals surface area contributed by atoms with Crippen LogP contribution in [0.1, 0.15) is 5.69 Å². The SMILES string of the molecule is C1=C(c2cc3ncccc3[nH]2)CNC1. The standard InChI is InChI=1S/C11H11N3/c1-2-9-11(13-4-1)6-10(14-9)8-3-5-12-7-8/h1-4,6,12,14H,5,7H2. The van der Waals surface area contributed by atoms with Crippen molar-refractivity contribution in [2.75, 3.05) is 13.1 Å². The van der Waals surface area contributed by atoms with Gasteiger partial charge in [0.05, 0.1) is 11.0 Å². The molecule has 2 aromatic rings. The van der Waals surface area contributed by atoms with Gasteiger partial charge in [-0.25, -0.2) is 0 Å². The second-order valence-corrected chi connectivity index (χ2v) is 3.48. The van der Waals surface area contributed by atoms with E-state index in [1.807, 2.05) is 12.3 Å². The summed E-state index contributed by atoms with van der Waals surface area (Å²) in [5.41, 5.74) is 4.66. The summed E-state index contributed by atoms with van der Waals surface area (Å²) in [4.78, 5) is 7.66. The van der Waals surface area contributed by atoms with Crippen LogP contribution < -0.4 is 5.32 Å². The van der Waals surface area contributed by atoms with Crippen LogP contribution in [0, 0.1) is 0 Å². The van der Waals surface area contributed by atoms with Crippen LogP contribution in [0.15, 0.2) is 30.5 Å².